The highest BCUT2D eigenvalue weighted by Crippen LogP contribution is 2.14. The van der Waals surface area contributed by atoms with E-state index in [0.29, 0.717) is 6.42 Å². The summed E-state index contributed by atoms with van der Waals surface area (Å²) in [7, 11) is 0. The van der Waals surface area contributed by atoms with E-state index in [-0.39, 0.29) is 12.6 Å². The Labute approximate surface area is 83.8 Å². The van der Waals surface area contributed by atoms with Gasteiger partial charge < -0.3 is 15.4 Å². The number of nitrogens with two attached hydrogens (primary N) is 1. The normalized spacial score (nSPS) is 17.9. The summed E-state index contributed by atoms with van der Waals surface area (Å²) in [5.74, 6) is 1.18. The number of hydrogen-bond acceptors (Lipinski definition) is 3. The van der Waals surface area contributed by atoms with Gasteiger partial charge in [0.25, 0.3) is 0 Å². The van der Waals surface area contributed by atoms with Crippen LogP contribution in [0.25, 0.3) is 0 Å². The van der Waals surface area contributed by atoms with Crippen LogP contribution in [0.2, 0.25) is 0 Å². The van der Waals surface area contributed by atoms with Gasteiger partial charge in [0.2, 0.25) is 0 Å². The van der Waals surface area contributed by atoms with E-state index >= 15 is 0 Å². The van der Waals surface area contributed by atoms with Crippen LogP contribution in [-0.4, -0.2) is 27.3 Å². The smallest absolute Gasteiger partial charge is 0.108 e. The fourth-order valence-corrected chi connectivity index (χ4v) is 1.90. The predicted octanol–water partition coefficient (Wildman–Crippen LogP) is 0.0815. The molecule has 0 radical (unpaired) electrons. The first-order chi connectivity index (χ1) is 6.79. The van der Waals surface area contributed by atoms with E-state index in [2.05, 4.69) is 15.7 Å². The van der Waals surface area contributed by atoms with Gasteiger partial charge in [-0.15, -0.1) is 0 Å². The molecule has 78 valence electrons. The number of rotatable bonds is 3. The van der Waals surface area contributed by atoms with Gasteiger partial charge >= 0.3 is 0 Å². The summed E-state index contributed by atoms with van der Waals surface area (Å²) in [6.45, 7) is 1.11. The van der Waals surface area contributed by atoms with Crippen molar-refractivity contribution in [3.05, 3.63) is 17.7 Å². The molecule has 0 amide bonds. The Kier molecular flexibility index (Phi) is 2.84. The Morgan fingerprint density at radius 3 is 3.14 bits per heavy atom. The molecule has 2 rings (SSSR count). The Bertz CT molecular complexity index is 285. The molecular formula is C10H17N3O. The monoisotopic (exact) mass is 195 g/mol. The summed E-state index contributed by atoms with van der Waals surface area (Å²) in [6.07, 6.45) is 6.31. The molecular weight excluding hydrogens is 178 g/mol. The molecule has 3 N–H and O–H groups in total. The van der Waals surface area contributed by atoms with Gasteiger partial charge in [0.05, 0.1) is 12.3 Å². The van der Waals surface area contributed by atoms with Crippen LogP contribution in [0.3, 0.4) is 0 Å². The largest absolute Gasteiger partial charge is 0.395 e. The summed E-state index contributed by atoms with van der Waals surface area (Å²) in [5, 5.41) is 8.84. The lowest BCUT2D eigenvalue weighted by Crippen LogP contribution is -2.26. The summed E-state index contributed by atoms with van der Waals surface area (Å²) >= 11 is 0. The molecule has 1 aromatic rings. The SMILES string of the molecule is NC(CO)Cc1cn2c(n1)CCCC2. The van der Waals surface area contributed by atoms with Crippen molar-refractivity contribution in [2.75, 3.05) is 6.61 Å². The molecule has 0 bridgehead atoms. The molecule has 0 saturated heterocycles. The molecule has 0 spiro atoms. The van der Waals surface area contributed by atoms with Crippen LogP contribution < -0.4 is 5.73 Å². The third-order valence-corrected chi connectivity index (χ3v) is 2.66. The first-order valence-electron chi connectivity index (χ1n) is 5.21. The Morgan fingerprint density at radius 2 is 2.43 bits per heavy atom. The second kappa shape index (κ2) is 4.11. The number of imidazole rings is 1. The van der Waals surface area contributed by atoms with Crippen molar-refractivity contribution in [2.45, 2.75) is 38.3 Å². The van der Waals surface area contributed by atoms with Crippen LogP contribution in [0.1, 0.15) is 24.4 Å². The van der Waals surface area contributed by atoms with Crippen molar-refractivity contribution >= 4 is 0 Å². The van der Waals surface area contributed by atoms with E-state index in [1.807, 2.05) is 0 Å². The molecule has 0 saturated carbocycles. The number of aromatic nitrogens is 2. The van der Waals surface area contributed by atoms with Gasteiger partial charge in [0.1, 0.15) is 5.82 Å². The van der Waals surface area contributed by atoms with Crippen molar-refractivity contribution in [1.82, 2.24) is 9.55 Å². The highest BCUT2D eigenvalue weighted by molar-refractivity contribution is 5.07. The van der Waals surface area contributed by atoms with Gasteiger partial charge in [-0.2, -0.15) is 0 Å². The first-order valence-corrected chi connectivity index (χ1v) is 5.21. The Morgan fingerprint density at radius 1 is 1.57 bits per heavy atom. The van der Waals surface area contributed by atoms with Gasteiger partial charge in [-0.3, -0.25) is 0 Å². The summed E-state index contributed by atoms with van der Waals surface area (Å²) in [4.78, 5) is 4.51. The van der Waals surface area contributed by atoms with E-state index in [9.17, 15) is 0 Å². The van der Waals surface area contributed by atoms with Crippen molar-refractivity contribution in [3.8, 4) is 0 Å². The van der Waals surface area contributed by atoms with Gasteiger partial charge in [0, 0.05) is 31.6 Å². The maximum Gasteiger partial charge on any atom is 0.108 e. The lowest BCUT2D eigenvalue weighted by atomic mass is 10.2. The minimum absolute atomic E-state index is 0.0300. The van der Waals surface area contributed by atoms with E-state index in [1.54, 1.807) is 0 Å². The maximum atomic E-state index is 8.84. The van der Waals surface area contributed by atoms with E-state index in [1.165, 1.54) is 18.7 Å². The van der Waals surface area contributed by atoms with Crippen LogP contribution in [0, 0.1) is 0 Å². The third kappa shape index (κ3) is 1.96. The molecule has 1 unspecified atom stereocenters. The molecule has 4 heteroatoms. The first kappa shape index (κ1) is 9.68. The predicted molar refractivity (Wildman–Crippen MR) is 53.9 cm³/mol. The second-order valence-electron chi connectivity index (χ2n) is 3.95. The fraction of sp³-hybridized carbons (Fsp3) is 0.700. The van der Waals surface area contributed by atoms with Gasteiger partial charge in [-0.25, -0.2) is 4.98 Å². The molecule has 1 aliphatic heterocycles. The summed E-state index contributed by atoms with van der Waals surface area (Å²) in [6, 6.07) is -0.174. The second-order valence-corrected chi connectivity index (χ2v) is 3.95. The number of fused-ring (bicyclic) bond motifs is 1. The number of aliphatic hydroxyl groups is 1. The van der Waals surface area contributed by atoms with E-state index in [4.69, 9.17) is 10.8 Å². The minimum Gasteiger partial charge on any atom is -0.395 e. The number of aliphatic hydroxyl groups excluding tert-OH is 1. The standard InChI is InChI=1S/C10H17N3O/c11-8(7-14)5-9-6-13-4-2-1-3-10(13)12-9/h6,8,14H,1-5,7,11H2. The molecule has 14 heavy (non-hydrogen) atoms. The molecule has 0 aromatic carbocycles. The molecule has 1 aromatic heterocycles. The lowest BCUT2D eigenvalue weighted by molar-refractivity contribution is 0.264. The van der Waals surface area contributed by atoms with Crippen LogP contribution in [0.15, 0.2) is 6.20 Å². The molecule has 4 nitrogen and oxygen atoms in total. The maximum absolute atomic E-state index is 8.84. The van der Waals surface area contributed by atoms with Crippen LogP contribution in [0.5, 0.6) is 0 Å². The Hall–Kier alpha value is -0.870. The van der Waals surface area contributed by atoms with Crippen LogP contribution in [-0.2, 0) is 19.4 Å². The minimum atomic E-state index is -0.174. The van der Waals surface area contributed by atoms with E-state index in [0.717, 1.165) is 18.7 Å². The highest BCUT2D eigenvalue weighted by atomic mass is 16.3. The molecule has 0 fully saturated rings. The lowest BCUT2D eigenvalue weighted by Gasteiger charge is -2.11. The van der Waals surface area contributed by atoms with Crippen molar-refractivity contribution in [1.29, 1.82) is 0 Å². The summed E-state index contributed by atoms with van der Waals surface area (Å²) < 4.78 is 2.21. The van der Waals surface area contributed by atoms with Crippen molar-refractivity contribution in [3.63, 3.8) is 0 Å². The quantitative estimate of drug-likeness (QED) is 0.718. The zero-order valence-electron chi connectivity index (χ0n) is 8.32. The number of hydrogen-bond donors (Lipinski definition) is 2. The van der Waals surface area contributed by atoms with Gasteiger partial charge in [-0.1, -0.05) is 0 Å². The average Bonchev–Trinajstić information content (AvgIpc) is 2.59. The zero-order chi connectivity index (χ0) is 9.97. The van der Waals surface area contributed by atoms with Crippen LogP contribution >= 0.6 is 0 Å². The molecule has 1 atom stereocenters. The number of aryl methyl sites for hydroxylation is 2. The Balaban J connectivity index is 2.08. The average molecular weight is 195 g/mol. The van der Waals surface area contributed by atoms with E-state index < -0.39 is 0 Å². The molecule has 0 aliphatic carbocycles. The van der Waals surface area contributed by atoms with Gasteiger partial charge in [-0.05, 0) is 12.8 Å². The number of nitrogens with zero attached hydrogens (tertiary/aromatic N) is 2. The summed E-state index contributed by atoms with van der Waals surface area (Å²) in [5.41, 5.74) is 6.68. The highest BCUT2D eigenvalue weighted by Gasteiger charge is 2.13. The molecule has 1 aliphatic rings. The van der Waals surface area contributed by atoms with Crippen molar-refractivity contribution < 1.29 is 5.11 Å². The topological polar surface area (TPSA) is 64.1 Å². The van der Waals surface area contributed by atoms with Gasteiger partial charge in [0.15, 0.2) is 0 Å². The molecule has 2 heterocycles. The third-order valence-electron chi connectivity index (χ3n) is 2.66. The van der Waals surface area contributed by atoms with Crippen LogP contribution in [0.4, 0.5) is 0 Å². The zero-order valence-corrected chi connectivity index (χ0v) is 8.32. The van der Waals surface area contributed by atoms with Crippen molar-refractivity contribution in [2.24, 2.45) is 5.73 Å². The fourth-order valence-electron chi connectivity index (χ4n) is 1.90.